The van der Waals surface area contributed by atoms with Crippen LogP contribution in [0.25, 0.3) is 0 Å². The number of nitrogens with zero attached hydrogens (tertiary/aromatic N) is 1. The third-order valence-electron chi connectivity index (χ3n) is 4.43. The Hall–Kier alpha value is -0.120. The van der Waals surface area contributed by atoms with Crippen LogP contribution >= 0.6 is 0 Å². The largest absolute Gasteiger partial charge is 0.383 e. The quantitative estimate of drug-likeness (QED) is 0.722. The van der Waals surface area contributed by atoms with Crippen molar-refractivity contribution in [2.24, 2.45) is 5.92 Å². The normalized spacial score (nSPS) is 26.5. The summed E-state index contributed by atoms with van der Waals surface area (Å²) < 4.78 is 5.24. The summed E-state index contributed by atoms with van der Waals surface area (Å²) in [6.45, 7) is 11.2. The summed E-state index contributed by atoms with van der Waals surface area (Å²) in [6, 6.07) is 1.33. The minimum Gasteiger partial charge on any atom is -0.383 e. The SMILES string of the molecule is CCC1CCNC(CN(CCOC)C(C)CC)C1. The second-order valence-electron chi connectivity index (χ2n) is 5.69. The van der Waals surface area contributed by atoms with E-state index in [0.29, 0.717) is 12.1 Å². The van der Waals surface area contributed by atoms with Crippen molar-refractivity contribution in [3.8, 4) is 0 Å². The summed E-state index contributed by atoms with van der Waals surface area (Å²) in [5, 5.41) is 3.69. The first kappa shape index (κ1) is 15.9. The van der Waals surface area contributed by atoms with Gasteiger partial charge in [0.1, 0.15) is 0 Å². The molecule has 0 bridgehead atoms. The first-order valence-corrected chi connectivity index (χ1v) is 7.67. The molecule has 1 heterocycles. The number of hydrogen-bond donors (Lipinski definition) is 1. The van der Waals surface area contributed by atoms with E-state index in [1.165, 1.54) is 38.8 Å². The summed E-state index contributed by atoms with van der Waals surface area (Å²) in [5.41, 5.74) is 0. The van der Waals surface area contributed by atoms with E-state index < -0.39 is 0 Å². The van der Waals surface area contributed by atoms with Gasteiger partial charge in [-0.05, 0) is 38.6 Å². The number of rotatable bonds is 8. The van der Waals surface area contributed by atoms with Crippen LogP contribution in [0.5, 0.6) is 0 Å². The summed E-state index contributed by atoms with van der Waals surface area (Å²) in [5.74, 6) is 0.928. The van der Waals surface area contributed by atoms with Crippen molar-refractivity contribution in [1.82, 2.24) is 10.2 Å². The maximum Gasteiger partial charge on any atom is 0.0589 e. The molecule has 0 aromatic rings. The van der Waals surface area contributed by atoms with Crippen LogP contribution in [-0.2, 0) is 4.74 Å². The van der Waals surface area contributed by atoms with Gasteiger partial charge in [0.2, 0.25) is 0 Å². The highest BCUT2D eigenvalue weighted by Gasteiger charge is 2.23. The maximum absolute atomic E-state index is 5.24. The monoisotopic (exact) mass is 256 g/mol. The summed E-state index contributed by atoms with van der Waals surface area (Å²) >= 11 is 0. The van der Waals surface area contributed by atoms with Crippen LogP contribution in [0.4, 0.5) is 0 Å². The molecule has 1 N–H and O–H groups in total. The fourth-order valence-electron chi connectivity index (χ4n) is 2.85. The number of piperidine rings is 1. The highest BCUT2D eigenvalue weighted by atomic mass is 16.5. The predicted molar refractivity (Wildman–Crippen MR) is 78.0 cm³/mol. The highest BCUT2D eigenvalue weighted by molar-refractivity contribution is 4.82. The second kappa shape index (κ2) is 8.89. The third-order valence-corrected chi connectivity index (χ3v) is 4.43. The molecule has 108 valence electrons. The van der Waals surface area contributed by atoms with E-state index in [2.05, 4.69) is 31.0 Å². The van der Waals surface area contributed by atoms with E-state index >= 15 is 0 Å². The molecular weight excluding hydrogens is 224 g/mol. The van der Waals surface area contributed by atoms with Crippen molar-refractivity contribution in [1.29, 1.82) is 0 Å². The van der Waals surface area contributed by atoms with Crippen molar-refractivity contribution < 1.29 is 4.74 Å². The summed E-state index contributed by atoms with van der Waals surface area (Å²) in [4.78, 5) is 2.58. The van der Waals surface area contributed by atoms with Gasteiger partial charge in [-0.15, -0.1) is 0 Å². The molecule has 0 spiro atoms. The standard InChI is InChI=1S/C15H32N2O/c1-5-13(3)17(9-10-18-4)12-15-11-14(6-2)7-8-16-15/h13-16H,5-12H2,1-4H3. The van der Waals surface area contributed by atoms with Crippen LogP contribution in [0, 0.1) is 5.92 Å². The maximum atomic E-state index is 5.24. The summed E-state index contributed by atoms with van der Waals surface area (Å²) in [6.07, 6.45) is 5.25. The Kier molecular flexibility index (Phi) is 7.87. The lowest BCUT2D eigenvalue weighted by molar-refractivity contribution is 0.106. The van der Waals surface area contributed by atoms with Gasteiger partial charge in [-0.2, -0.15) is 0 Å². The van der Waals surface area contributed by atoms with Crippen LogP contribution < -0.4 is 5.32 Å². The molecular formula is C15H32N2O. The van der Waals surface area contributed by atoms with E-state index in [1.54, 1.807) is 7.11 Å². The molecule has 0 amide bonds. The summed E-state index contributed by atoms with van der Waals surface area (Å²) in [7, 11) is 1.79. The zero-order chi connectivity index (χ0) is 13.4. The smallest absolute Gasteiger partial charge is 0.0589 e. The predicted octanol–water partition coefficient (Wildman–Crippen LogP) is 2.51. The van der Waals surface area contributed by atoms with Gasteiger partial charge in [0, 0.05) is 32.3 Å². The van der Waals surface area contributed by atoms with Gasteiger partial charge in [0.05, 0.1) is 6.61 Å². The molecule has 3 nitrogen and oxygen atoms in total. The minimum atomic E-state index is 0.656. The average Bonchev–Trinajstić information content (AvgIpc) is 2.42. The van der Waals surface area contributed by atoms with Crippen molar-refractivity contribution in [2.75, 3.05) is 33.4 Å². The van der Waals surface area contributed by atoms with Crippen molar-refractivity contribution in [2.45, 2.75) is 58.5 Å². The Bertz CT molecular complexity index is 211. The molecule has 1 aliphatic heterocycles. The zero-order valence-corrected chi connectivity index (χ0v) is 12.7. The molecule has 0 radical (unpaired) electrons. The molecule has 1 aliphatic rings. The fraction of sp³-hybridized carbons (Fsp3) is 1.00. The van der Waals surface area contributed by atoms with Crippen molar-refractivity contribution >= 4 is 0 Å². The molecule has 1 saturated heterocycles. The molecule has 3 heteroatoms. The van der Waals surface area contributed by atoms with Gasteiger partial charge in [0.25, 0.3) is 0 Å². The Labute approximate surface area is 113 Å². The molecule has 3 unspecified atom stereocenters. The van der Waals surface area contributed by atoms with Gasteiger partial charge in [-0.1, -0.05) is 20.3 Å². The van der Waals surface area contributed by atoms with Gasteiger partial charge in [-0.25, -0.2) is 0 Å². The van der Waals surface area contributed by atoms with Crippen LogP contribution in [-0.4, -0.2) is 50.3 Å². The number of hydrogen-bond acceptors (Lipinski definition) is 3. The zero-order valence-electron chi connectivity index (χ0n) is 12.7. The van der Waals surface area contributed by atoms with Gasteiger partial charge in [0.15, 0.2) is 0 Å². The van der Waals surface area contributed by atoms with E-state index in [-0.39, 0.29) is 0 Å². The number of nitrogens with one attached hydrogen (secondary N) is 1. The number of methoxy groups -OCH3 is 1. The molecule has 0 aromatic heterocycles. The topological polar surface area (TPSA) is 24.5 Å². The van der Waals surface area contributed by atoms with E-state index in [9.17, 15) is 0 Å². The fourth-order valence-corrected chi connectivity index (χ4v) is 2.85. The first-order chi connectivity index (χ1) is 8.71. The number of ether oxygens (including phenoxy) is 1. The van der Waals surface area contributed by atoms with Crippen LogP contribution in [0.2, 0.25) is 0 Å². The van der Waals surface area contributed by atoms with Crippen LogP contribution in [0.3, 0.4) is 0 Å². The lowest BCUT2D eigenvalue weighted by Gasteiger charge is -2.36. The Morgan fingerprint density at radius 3 is 2.78 bits per heavy atom. The first-order valence-electron chi connectivity index (χ1n) is 7.67. The Morgan fingerprint density at radius 2 is 2.17 bits per heavy atom. The van der Waals surface area contributed by atoms with Gasteiger partial charge in [-0.3, -0.25) is 4.90 Å². The molecule has 3 atom stereocenters. The van der Waals surface area contributed by atoms with E-state index in [0.717, 1.165) is 19.1 Å². The van der Waals surface area contributed by atoms with Gasteiger partial charge < -0.3 is 10.1 Å². The van der Waals surface area contributed by atoms with Crippen LogP contribution in [0.1, 0.15) is 46.5 Å². The average molecular weight is 256 g/mol. The highest BCUT2D eigenvalue weighted by Crippen LogP contribution is 2.20. The third kappa shape index (κ3) is 5.25. The second-order valence-corrected chi connectivity index (χ2v) is 5.69. The minimum absolute atomic E-state index is 0.656. The van der Waals surface area contributed by atoms with E-state index in [4.69, 9.17) is 4.74 Å². The van der Waals surface area contributed by atoms with Crippen molar-refractivity contribution in [3.05, 3.63) is 0 Å². The molecule has 0 aromatic carbocycles. The lowest BCUT2D eigenvalue weighted by atomic mass is 9.90. The molecule has 1 rings (SSSR count). The molecule has 18 heavy (non-hydrogen) atoms. The van der Waals surface area contributed by atoms with Gasteiger partial charge >= 0.3 is 0 Å². The lowest BCUT2D eigenvalue weighted by Crippen LogP contribution is -2.49. The molecule has 0 aliphatic carbocycles. The van der Waals surface area contributed by atoms with Crippen LogP contribution in [0.15, 0.2) is 0 Å². The molecule has 1 fully saturated rings. The van der Waals surface area contributed by atoms with Crippen molar-refractivity contribution in [3.63, 3.8) is 0 Å². The van der Waals surface area contributed by atoms with E-state index in [1.807, 2.05) is 0 Å². The Morgan fingerprint density at radius 1 is 1.39 bits per heavy atom. The Balaban J connectivity index is 2.43. The molecule has 0 saturated carbocycles.